The van der Waals surface area contributed by atoms with Gasteiger partial charge >= 0.3 is 0 Å². The van der Waals surface area contributed by atoms with Gasteiger partial charge in [-0.3, -0.25) is 14.9 Å². The molecule has 0 radical (unpaired) electrons. The molecule has 0 aliphatic heterocycles. The Morgan fingerprint density at radius 3 is 2.59 bits per heavy atom. The molecule has 2 aromatic carbocycles. The number of hydrogen-bond acceptors (Lipinski definition) is 5. The predicted molar refractivity (Wildman–Crippen MR) is 106 cm³/mol. The van der Waals surface area contributed by atoms with Crippen LogP contribution in [0.3, 0.4) is 0 Å². The highest BCUT2D eigenvalue weighted by molar-refractivity contribution is 5.95. The summed E-state index contributed by atoms with van der Waals surface area (Å²) >= 11 is 0. The van der Waals surface area contributed by atoms with Crippen LogP contribution in [0.25, 0.3) is 0 Å². The zero-order valence-corrected chi connectivity index (χ0v) is 16.0. The summed E-state index contributed by atoms with van der Waals surface area (Å²) < 4.78 is 5.36. The van der Waals surface area contributed by atoms with Gasteiger partial charge in [0.05, 0.1) is 12.0 Å². The largest absolute Gasteiger partial charge is 0.496 e. The molecule has 0 aromatic heterocycles. The number of methoxy groups -OCH3 is 1. The molecule has 0 fully saturated rings. The number of aryl methyl sites for hydroxylation is 1. The molecule has 7 heteroatoms. The standard InChI is InChI=1S/C20H25N3O4/c1-13(2)22-20(24)16-6-7-17(18(12-16)23(25)26)21-10-9-15-11-14(3)5-8-19(15)27-4/h5-8,11-13,21H,9-10H2,1-4H3,(H,22,24). The Labute approximate surface area is 158 Å². The number of ether oxygens (including phenoxy) is 1. The van der Waals surface area contributed by atoms with Crippen LogP contribution >= 0.6 is 0 Å². The van der Waals surface area contributed by atoms with Gasteiger partial charge < -0.3 is 15.4 Å². The van der Waals surface area contributed by atoms with E-state index in [0.29, 0.717) is 18.7 Å². The summed E-state index contributed by atoms with van der Waals surface area (Å²) in [6, 6.07) is 10.3. The van der Waals surface area contributed by atoms with Crippen molar-refractivity contribution < 1.29 is 14.5 Å². The monoisotopic (exact) mass is 371 g/mol. The van der Waals surface area contributed by atoms with E-state index < -0.39 is 4.92 Å². The third-order valence-corrected chi connectivity index (χ3v) is 4.02. The summed E-state index contributed by atoms with van der Waals surface area (Å²) in [5.74, 6) is 0.460. The van der Waals surface area contributed by atoms with E-state index >= 15 is 0 Å². The van der Waals surface area contributed by atoms with E-state index in [2.05, 4.69) is 10.6 Å². The van der Waals surface area contributed by atoms with Crippen LogP contribution in [0.4, 0.5) is 11.4 Å². The zero-order valence-electron chi connectivity index (χ0n) is 16.0. The molecule has 2 aromatic rings. The van der Waals surface area contributed by atoms with Crippen LogP contribution in [0.1, 0.15) is 35.3 Å². The van der Waals surface area contributed by atoms with Crippen molar-refractivity contribution >= 4 is 17.3 Å². The average molecular weight is 371 g/mol. The highest BCUT2D eigenvalue weighted by atomic mass is 16.6. The second-order valence-electron chi connectivity index (χ2n) is 6.61. The van der Waals surface area contributed by atoms with Gasteiger partial charge in [-0.1, -0.05) is 17.7 Å². The van der Waals surface area contributed by atoms with Gasteiger partial charge in [-0.2, -0.15) is 0 Å². The topological polar surface area (TPSA) is 93.5 Å². The fraction of sp³-hybridized carbons (Fsp3) is 0.350. The lowest BCUT2D eigenvalue weighted by molar-refractivity contribution is -0.384. The fourth-order valence-electron chi connectivity index (χ4n) is 2.75. The van der Waals surface area contributed by atoms with Crippen LogP contribution in [-0.2, 0) is 6.42 Å². The van der Waals surface area contributed by atoms with Crippen LogP contribution in [0.2, 0.25) is 0 Å². The molecule has 144 valence electrons. The predicted octanol–water partition coefficient (Wildman–Crippen LogP) is 3.70. The maximum Gasteiger partial charge on any atom is 0.293 e. The molecule has 7 nitrogen and oxygen atoms in total. The van der Waals surface area contributed by atoms with Crippen molar-refractivity contribution in [1.82, 2.24) is 5.32 Å². The smallest absolute Gasteiger partial charge is 0.293 e. The number of hydrogen-bond donors (Lipinski definition) is 2. The van der Waals surface area contributed by atoms with Crippen molar-refractivity contribution in [2.75, 3.05) is 19.0 Å². The van der Waals surface area contributed by atoms with Crippen molar-refractivity contribution in [2.45, 2.75) is 33.2 Å². The second-order valence-corrected chi connectivity index (χ2v) is 6.61. The number of amides is 1. The average Bonchev–Trinajstić information content (AvgIpc) is 2.61. The van der Waals surface area contributed by atoms with E-state index in [-0.39, 0.29) is 23.2 Å². The van der Waals surface area contributed by atoms with Crippen LogP contribution in [-0.4, -0.2) is 30.5 Å². The SMILES string of the molecule is COc1ccc(C)cc1CCNc1ccc(C(=O)NC(C)C)cc1[N+](=O)[O-]. The van der Waals surface area contributed by atoms with Gasteiger partial charge in [0.15, 0.2) is 0 Å². The number of benzene rings is 2. The van der Waals surface area contributed by atoms with Crippen LogP contribution < -0.4 is 15.4 Å². The van der Waals surface area contributed by atoms with Crippen molar-refractivity contribution in [3.8, 4) is 5.75 Å². The molecule has 0 spiro atoms. The summed E-state index contributed by atoms with van der Waals surface area (Å²) in [6.45, 7) is 6.17. The van der Waals surface area contributed by atoms with E-state index in [1.807, 2.05) is 39.0 Å². The summed E-state index contributed by atoms with van der Waals surface area (Å²) in [6.07, 6.45) is 0.650. The fourth-order valence-corrected chi connectivity index (χ4v) is 2.75. The first-order chi connectivity index (χ1) is 12.8. The first-order valence-electron chi connectivity index (χ1n) is 8.78. The molecule has 2 N–H and O–H groups in total. The Hall–Kier alpha value is -3.09. The number of carbonyl (C=O) groups is 1. The van der Waals surface area contributed by atoms with Crippen LogP contribution in [0.5, 0.6) is 5.75 Å². The Kier molecular flexibility index (Phi) is 6.76. The van der Waals surface area contributed by atoms with Crippen molar-refractivity contribution in [3.05, 3.63) is 63.2 Å². The van der Waals surface area contributed by atoms with E-state index in [4.69, 9.17) is 4.74 Å². The van der Waals surface area contributed by atoms with E-state index in [9.17, 15) is 14.9 Å². The molecule has 0 bridgehead atoms. The van der Waals surface area contributed by atoms with Gasteiger partial charge in [0.1, 0.15) is 11.4 Å². The van der Waals surface area contributed by atoms with E-state index in [0.717, 1.165) is 16.9 Å². The molecular formula is C20H25N3O4. The zero-order chi connectivity index (χ0) is 20.0. The number of nitrogens with zero attached hydrogens (tertiary/aromatic N) is 1. The summed E-state index contributed by atoms with van der Waals surface area (Å²) in [5, 5.41) is 17.2. The minimum atomic E-state index is -0.484. The summed E-state index contributed by atoms with van der Waals surface area (Å²) in [5.41, 5.74) is 2.68. The maximum atomic E-state index is 12.1. The van der Waals surface area contributed by atoms with Gasteiger partial charge in [0.25, 0.3) is 11.6 Å². The first-order valence-corrected chi connectivity index (χ1v) is 8.78. The normalized spacial score (nSPS) is 10.6. The number of nitrogens with one attached hydrogen (secondary N) is 2. The highest BCUT2D eigenvalue weighted by Gasteiger charge is 2.18. The lowest BCUT2D eigenvalue weighted by Crippen LogP contribution is -2.30. The number of anilines is 1. The van der Waals surface area contributed by atoms with Crippen molar-refractivity contribution in [3.63, 3.8) is 0 Å². The Morgan fingerprint density at radius 1 is 1.22 bits per heavy atom. The summed E-state index contributed by atoms with van der Waals surface area (Å²) in [4.78, 5) is 23.0. The lowest BCUT2D eigenvalue weighted by Gasteiger charge is -2.12. The Balaban J connectivity index is 2.13. The van der Waals surface area contributed by atoms with Crippen LogP contribution in [0, 0.1) is 17.0 Å². The number of nitro groups is 1. The van der Waals surface area contributed by atoms with Crippen LogP contribution in [0.15, 0.2) is 36.4 Å². The van der Waals surface area contributed by atoms with Gasteiger partial charge in [0.2, 0.25) is 0 Å². The second kappa shape index (κ2) is 9.02. The molecule has 2 rings (SSSR count). The highest BCUT2D eigenvalue weighted by Crippen LogP contribution is 2.26. The first kappa shape index (κ1) is 20.2. The van der Waals surface area contributed by atoms with E-state index in [1.165, 1.54) is 6.07 Å². The van der Waals surface area contributed by atoms with Crippen molar-refractivity contribution in [2.24, 2.45) is 0 Å². The quantitative estimate of drug-likeness (QED) is 0.545. The maximum absolute atomic E-state index is 12.1. The van der Waals surface area contributed by atoms with Gasteiger partial charge in [-0.25, -0.2) is 0 Å². The molecule has 1 amide bonds. The third kappa shape index (κ3) is 5.44. The van der Waals surface area contributed by atoms with Gasteiger partial charge in [-0.05, 0) is 51.0 Å². The molecule has 0 atom stereocenters. The van der Waals surface area contributed by atoms with Gasteiger partial charge in [0, 0.05) is 24.2 Å². The van der Waals surface area contributed by atoms with Crippen molar-refractivity contribution in [1.29, 1.82) is 0 Å². The molecule has 27 heavy (non-hydrogen) atoms. The molecule has 0 saturated carbocycles. The number of rotatable bonds is 8. The molecule has 0 aliphatic carbocycles. The van der Waals surface area contributed by atoms with Gasteiger partial charge in [-0.15, -0.1) is 0 Å². The minimum absolute atomic E-state index is 0.0429. The number of carbonyl (C=O) groups excluding carboxylic acids is 1. The minimum Gasteiger partial charge on any atom is -0.496 e. The molecule has 0 saturated heterocycles. The number of nitro benzene ring substituents is 1. The van der Waals surface area contributed by atoms with E-state index in [1.54, 1.807) is 19.2 Å². The third-order valence-electron chi connectivity index (χ3n) is 4.02. The Bertz CT molecular complexity index is 834. The lowest BCUT2D eigenvalue weighted by atomic mass is 10.1. The molecule has 0 aliphatic rings. The Morgan fingerprint density at radius 2 is 1.96 bits per heavy atom. The molecule has 0 unspecified atom stereocenters. The summed E-state index contributed by atoms with van der Waals surface area (Å²) in [7, 11) is 1.62. The molecular weight excluding hydrogens is 346 g/mol. The molecule has 0 heterocycles.